The first-order chi connectivity index (χ1) is 7.76. The molecule has 0 spiro atoms. The molecule has 1 saturated heterocycles. The van der Waals surface area contributed by atoms with Crippen molar-refractivity contribution >= 4 is 17.7 Å². The van der Waals surface area contributed by atoms with Gasteiger partial charge in [0.1, 0.15) is 0 Å². The number of amides is 1. The third-order valence-electron chi connectivity index (χ3n) is 3.90. The van der Waals surface area contributed by atoms with E-state index in [1.54, 1.807) is 0 Å². The molecule has 3 nitrogen and oxygen atoms in total. The minimum Gasteiger partial charge on any atom is -0.355 e. The van der Waals surface area contributed by atoms with E-state index < -0.39 is 0 Å². The summed E-state index contributed by atoms with van der Waals surface area (Å²) in [7, 11) is 0. The highest BCUT2D eigenvalue weighted by Crippen LogP contribution is 2.42. The first kappa shape index (κ1) is 12.2. The van der Waals surface area contributed by atoms with Crippen LogP contribution in [0.5, 0.6) is 0 Å². The second kappa shape index (κ2) is 5.41. The van der Waals surface area contributed by atoms with Crippen LogP contribution in [-0.4, -0.2) is 36.0 Å². The summed E-state index contributed by atoms with van der Waals surface area (Å²) in [4.78, 5) is 11.7. The lowest BCUT2D eigenvalue weighted by Crippen LogP contribution is -2.50. The van der Waals surface area contributed by atoms with Crippen LogP contribution in [0.3, 0.4) is 0 Å². The highest BCUT2D eigenvalue weighted by Gasteiger charge is 2.36. The summed E-state index contributed by atoms with van der Waals surface area (Å²) in [6.07, 6.45) is 9.41. The smallest absolute Gasteiger partial charge is 0.237 e. The van der Waals surface area contributed by atoms with Gasteiger partial charge in [-0.2, -0.15) is 11.8 Å². The molecule has 92 valence electrons. The fraction of sp³-hybridized carbons (Fsp3) is 0.917. The molecule has 1 saturated carbocycles. The molecular weight excluding hydrogens is 220 g/mol. The largest absolute Gasteiger partial charge is 0.355 e. The van der Waals surface area contributed by atoms with Crippen molar-refractivity contribution in [1.29, 1.82) is 0 Å². The van der Waals surface area contributed by atoms with Crippen molar-refractivity contribution in [2.75, 3.05) is 19.3 Å². The first-order valence-corrected chi connectivity index (χ1v) is 7.54. The second-order valence-electron chi connectivity index (χ2n) is 4.96. The SMILES string of the molecule is CSC1(CNC2CCCCNC2=O)CCC1. The molecule has 0 aromatic carbocycles. The molecule has 2 aliphatic rings. The molecule has 0 aromatic heterocycles. The van der Waals surface area contributed by atoms with Crippen molar-refractivity contribution in [3.63, 3.8) is 0 Å². The Kier molecular flexibility index (Phi) is 4.14. The van der Waals surface area contributed by atoms with Crippen molar-refractivity contribution in [1.82, 2.24) is 10.6 Å². The molecule has 2 N–H and O–H groups in total. The van der Waals surface area contributed by atoms with Gasteiger partial charge >= 0.3 is 0 Å². The topological polar surface area (TPSA) is 41.1 Å². The van der Waals surface area contributed by atoms with E-state index in [9.17, 15) is 4.79 Å². The van der Waals surface area contributed by atoms with Gasteiger partial charge in [0.05, 0.1) is 6.04 Å². The van der Waals surface area contributed by atoms with E-state index in [0.717, 1.165) is 32.4 Å². The average molecular weight is 242 g/mol. The minimum atomic E-state index is 0.0483. The van der Waals surface area contributed by atoms with Gasteiger partial charge in [0.15, 0.2) is 0 Å². The van der Waals surface area contributed by atoms with Gasteiger partial charge in [-0.1, -0.05) is 6.42 Å². The summed E-state index contributed by atoms with van der Waals surface area (Å²) in [5.74, 6) is 0.202. The van der Waals surface area contributed by atoms with Gasteiger partial charge in [-0.15, -0.1) is 0 Å². The molecule has 1 aliphatic heterocycles. The van der Waals surface area contributed by atoms with Crippen molar-refractivity contribution in [2.24, 2.45) is 0 Å². The first-order valence-electron chi connectivity index (χ1n) is 6.32. The summed E-state index contributed by atoms with van der Waals surface area (Å²) >= 11 is 1.96. The van der Waals surface area contributed by atoms with Gasteiger partial charge < -0.3 is 10.6 Å². The minimum absolute atomic E-state index is 0.0483. The van der Waals surface area contributed by atoms with Crippen molar-refractivity contribution < 1.29 is 4.79 Å². The number of nitrogens with one attached hydrogen (secondary N) is 2. The standard InChI is InChI=1S/C12H22N2OS/c1-16-12(6-4-7-12)9-14-10-5-2-3-8-13-11(10)15/h10,14H,2-9H2,1H3,(H,13,15). The zero-order chi connectivity index (χ0) is 11.4. The van der Waals surface area contributed by atoms with Gasteiger partial charge in [0.2, 0.25) is 5.91 Å². The van der Waals surface area contributed by atoms with Gasteiger partial charge in [0, 0.05) is 17.8 Å². The Bertz CT molecular complexity index is 248. The van der Waals surface area contributed by atoms with Crippen LogP contribution in [0.1, 0.15) is 38.5 Å². The quantitative estimate of drug-likeness (QED) is 0.785. The van der Waals surface area contributed by atoms with Crippen LogP contribution in [0.4, 0.5) is 0 Å². The highest BCUT2D eigenvalue weighted by atomic mass is 32.2. The van der Waals surface area contributed by atoms with E-state index in [1.807, 2.05) is 11.8 Å². The zero-order valence-electron chi connectivity index (χ0n) is 10.1. The third kappa shape index (κ3) is 2.72. The number of hydrogen-bond donors (Lipinski definition) is 2. The van der Waals surface area contributed by atoms with Crippen molar-refractivity contribution in [3.8, 4) is 0 Å². The van der Waals surface area contributed by atoms with E-state index >= 15 is 0 Å². The Labute approximate surface area is 102 Å². The summed E-state index contributed by atoms with van der Waals surface area (Å²) in [5, 5.41) is 6.45. The normalized spacial score (nSPS) is 29.1. The van der Waals surface area contributed by atoms with Gasteiger partial charge in [-0.05, 0) is 38.4 Å². The Morgan fingerprint density at radius 3 is 2.88 bits per heavy atom. The molecular formula is C12H22N2OS. The van der Waals surface area contributed by atoms with Crippen LogP contribution in [0.25, 0.3) is 0 Å². The van der Waals surface area contributed by atoms with E-state index in [4.69, 9.17) is 0 Å². The molecule has 1 aliphatic carbocycles. The van der Waals surface area contributed by atoms with E-state index in [0.29, 0.717) is 4.75 Å². The number of hydrogen-bond acceptors (Lipinski definition) is 3. The van der Waals surface area contributed by atoms with E-state index in [2.05, 4.69) is 16.9 Å². The zero-order valence-corrected chi connectivity index (χ0v) is 10.9. The number of carbonyl (C=O) groups is 1. The summed E-state index contributed by atoms with van der Waals surface area (Å²) in [6.45, 7) is 1.84. The monoisotopic (exact) mass is 242 g/mol. The molecule has 2 rings (SSSR count). The van der Waals surface area contributed by atoms with Crippen LogP contribution in [-0.2, 0) is 4.79 Å². The molecule has 16 heavy (non-hydrogen) atoms. The number of rotatable bonds is 4. The predicted molar refractivity (Wildman–Crippen MR) is 68.7 cm³/mol. The molecule has 1 amide bonds. The molecule has 2 fully saturated rings. The Morgan fingerprint density at radius 2 is 2.25 bits per heavy atom. The summed E-state index contributed by atoms with van der Waals surface area (Å²) in [6, 6.07) is 0.0483. The van der Waals surface area contributed by atoms with Crippen LogP contribution in [0.15, 0.2) is 0 Å². The molecule has 1 unspecified atom stereocenters. The third-order valence-corrected chi connectivity index (χ3v) is 5.32. The van der Waals surface area contributed by atoms with Gasteiger partial charge in [-0.3, -0.25) is 4.79 Å². The average Bonchev–Trinajstić information content (AvgIpc) is 2.43. The summed E-state index contributed by atoms with van der Waals surface area (Å²) in [5.41, 5.74) is 0. The number of carbonyl (C=O) groups excluding carboxylic acids is 1. The van der Waals surface area contributed by atoms with E-state index in [-0.39, 0.29) is 11.9 Å². The fourth-order valence-corrected chi connectivity index (χ4v) is 3.39. The van der Waals surface area contributed by atoms with Crippen molar-refractivity contribution in [2.45, 2.75) is 49.3 Å². The lowest BCUT2D eigenvalue weighted by Gasteiger charge is -2.41. The lowest BCUT2D eigenvalue weighted by atomic mass is 9.84. The molecule has 4 heteroatoms. The molecule has 1 heterocycles. The molecule has 0 bridgehead atoms. The highest BCUT2D eigenvalue weighted by molar-refractivity contribution is 8.00. The van der Waals surface area contributed by atoms with Crippen LogP contribution in [0, 0.1) is 0 Å². The molecule has 1 atom stereocenters. The fourth-order valence-electron chi connectivity index (χ4n) is 2.47. The Balaban J connectivity index is 1.81. The lowest BCUT2D eigenvalue weighted by molar-refractivity contribution is -0.122. The van der Waals surface area contributed by atoms with Crippen LogP contribution < -0.4 is 10.6 Å². The summed E-state index contributed by atoms with van der Waals surface area (Å²) < 4.78 is 0.423. The Hall–Kier alpha value is -0.220. The molecule has 0 radical (unpaired) electrons. The second-order valence-corrected chi connectivity index (χ2v) is 6.24. The molecule has 0 aromatic rings. The van der Waals surface area contributed by atoms with Crippen LogP contribution in [0.2, 0.25) is 0 Å². The predicted octanol–water partition coefficient (Wildman–Crippen LogP) is 1.53. The maximum absolute atomic E-state index is 11.7. The maximum atomic E-state index is 11.7. The van der Waals surface area contributed by atoms with Gasteiger partial charge in [0.25, 0.3) is 0 Å². The number of thioether (sulfide) groups is 1. The van der Waals surface area contributed by atoms with Crippen LogP contribution >= 0.6 is 11.8 Å². The van der Waals surface area contributed by atoms with E-state index in [1.165, 1.54) is 19.3 Å². The Morgan fingerprint density at radius 1 is 1.44 bits per heavy atom. The maximum Gasteiger partial charge on any atom is 0.237 e. The van der Waals surface area contributed by atoms with Crippen molar-refractivity contribution in [3.05, 3.63) is 0 Å². The van der Waals surface area contributed by atoms with Gasteiger partial charge in [-0.25, -0.2) is 0 Å².